The molecule has 0 aromatic heterocycles. The van der Waals surface area contributed by atoms with Crippen molar-refractivity contribution in [2.45, 2.75) is 18.9 Å². The normalized spacial score (nSPS) is 17.9. The van der Waals surface area contributed by atoms with E-state index in [0.717, 1.165) is 30.1 Å². The third-order valence-corrected chi connectivity index (χ3v) is 4.04. The molecule has 3 nitrogen and oxygen atoms in total. The molecule has 0 saturated heterocycles. The molecule has 108 valence electrons. The van der Waals surface area contributed by atoms with Crippen molar-refractivity contribution in [2.24, 2.45) is 10.7 Å². The predicted molar refractivity (Wildman–Crippen MR) is 89.0 cm³/mol. The average Bonchev–Trinajstić information content (AvgIpc) is 2.88. The Balaban J connectivity index is 1.72. The van der Waals surface area contributed by atoms with Crippen LogP contribution in [0.4, 0.5) is 5.69 Å². The number of aryl methyl sites for hydroxylation is 1. The molecule has 0 radical (unpaired) electrons. The Morgan fingerprint density at radius 2 is 1.81 bits per heavy atom. The maximum Gasteiger partial charge on any atom is 0.196 e. The highest BCUT2D eigenvalue weighted by Gasteiger charge is 2.26. The van der Waals surface area contributed by atoms with Gasteiger partial charge in [-0.15, -0.1) is 0 Å². The maximum atomic E-state index is 6.05. The topological polar surface area (TPSA) is 41.6 Å². The Hall–Kier alpha value is -2.00. The first-order chi connectivity index (χ1) is 10.2. The molecule has 0 aliphatic carbocycles. The summed E-state index contributed by atoms with van der Waals surface area (Å²) < 4.78 is 0. The SMILES string of the molecule is NC1=NCC(CCc2ccccc2)N1c1ccc(Cl)cc1. The summed E-state index contributed by atoms with van der Waals surface area (Å²) in [6.45, 7) is 0.751. The van der Waals surface area contributed by atoms with Crippen molar-refractivity contribution >= 4 is 23.2 Å². The minimum atomic E-state index is 0.311. The monoisotopic (exact) mass is 299 g/mol. The zero-order valence-corrected chi connectivity index (χ0v) is 12.5. The molecular formula is C17H18ClN3. The summed E-state index contributed by atoms with van der Waals surface area (Å²) in [6.07, 6.45) is 2.05. The van der Waals surface area contributed by atoms with Crippen LogP contribution in [0.15, 0.2) is 59.6 Å². The Labute approximate surface area is 130 Å². The summed E-state index contributed by atoms with van der Waals surface area (Å²) in [5.41, 5.74) is 8.45. The number of aliphatic imine (C=N–C) groups is 1. The van der Waals surface area contributed by atoms with Crippen LogP contribution in [0.25, 0.3) is 0 Å². The largest absolute Gasteiger partial charge is 0.370 e. The van der Waals surface area contributed by atoms with Gasteiger partial charge in [0.15, 0.2) is 5.96 Å². The molecule has 3 rings (SSSR count). The first kappa shape index (κ1) is 14.0. The Morgan fingerprint density at radius 1 is 1.10 bits per heavy atom. The lowest BCUT2D eigenvalue weighted by Gasteiger charge is -2.26. The van der Waals surface area contributed by atoms with Crippen LogP contribution in [0, 0.1) is 0 Å². The lowest BCUT2D eigenvalue weighted by atomic mass is 10.0. The molecule has 2 aromatic rings. The van der Waals surface area contributed by atoms with Crippen LogP contribution in [0.2, 0.25) is 5.02 Å². The number of rotatable bonds is 4. The van der Waals surface area contributed by atoms with Gasteiger partial charge in [-0.1, -0.05) is 41.9 Å². The van der Waals surface area contributed by atoms with Gasteiger partial charge in [-0.3, -0.25) is 4.99 Å². The molecule has 0 bridgehead atoms. The van der Waals surface area contributed by atoms with Gasteiger partial charge in [0.1, 0.15) is 0 Å². The van der Waals surface area contributed by atoms with E-state index in [9.17, 15) is 0 Å². The summed E-state index contributed by atoms with van der Waals surface area (Å²) in [6, 6.07) is 18.6. The average molecular weight is 300 g/mol. The maximum absolute atomic E-state index is 6.05. The van der Waals surface area contributed by atoms with Gasteiger partial charge in [0, 0.05) is 10.7 Å². The van der Waals surface area contributed by atoms with Gasteiger partial charge >= 0.3 is 0 Å². The summed E-state index contributed by atoms with van der Waals surface area (Å²) in [5.74, 6) is 0.593. The molecule has 2 N–H and O–H groups in total. The quantitative estimate of drug-likeness (QED) is 0.939. The van der Waals surface area contributed by atoms with Crippen LogP contribution in [-0.2, 0) is 6.42 Å². The van der Waals surface area contributed by atoms with Crippen LogP contribution >= 0.6 is 11.6 Å². The molecule has 0 saturated carbocycles. The second kappa shape index (κ2) is 6.19. The highest BCUT2D eigenvalue weighted by Crippen LogP contribution is 2.25. The van der Waals surface area contributed by atoms with Crippen molar-refractivity contribution in [1.82, 2.24) is 0 Å². The van der Waals surface area contributed by atoms with Gasteiger partial charge in [-0.05, 0) is 42.7 Å². The number of hydrogen-bond acceptors (Lipinski definition) is 3. The van der Waals surface area contributed by atoms with Crippen molar-refractivity contribution < 1.29 is 0 Å². The third-order valence-electron chi connectivity index (χ3n) is 3.79. The van der Waals surface area contributed by atoms with Gasteiger partial charge in [-0.2, -0.15) is 0 Å². The van der Waals surface area contributed by atoms with Crippen LogP contribution in [0.3, 0.4) is 0 Å². The molecule has 2 aromatic carbocycles. The molecule has 0 fully saturated rings. The standard InChI is InChI=1S/C17H18ClN3/c18-14-7-10-15(11-8-14)21-16(12-20-17(21)19)9-6-13-4-2-1-3-5-13/h1-5,7-8,10-11,16H,6,9,12H2,(H2,19,20). The first-order valence-corrected chi connectivity index (χ1v) is 7.50. The van der Waals surface area contributed by atoms with E-state index in [1.165, 1.54) is 5.56 Å². The smallest absolute Gasteiger partial charge is 0.196 e. The fourth-order valence-electron chi connectivity index (χ4n) is 2.69. The van der Waals surface area contributed by atoms with E-state index in [1.54, 1.807) is 0 Å². The van der Waals surface area contributed by atoms with Gasteiger partial charge in [0.25, 0.3) is 0 Å². The summed E-state index contributed by atoms with van der Waals surface area (Å²) in [4.78, 5) is 6.51. The lowest BCUT2D eigenvalue weighted by molar-refractivity contribution is 0.643. The Morgan fingerprint density at radius 3 is 2.52 bits per heavy atom. The summed E-state index contributed by atoms with van der Waals surface area (Å²) >= 11 is 5.95. The van der Waals surface area contributed by atoms with Crippen molar-refractivity contribution in [3.8, 4) is 0 Å². The van der Waals surface area contributed by atoms with E-state index in [2.05, 4.69) is 34.2 Å². The van der Waals surface area contributed by atoms with E-state index in [1.807, 2.05) is 30.3 Å². The van der Waals surface area contributed by atoms with E-state index in [-0.39, 0.29) is 0 Å². The molecule has 1 heterocycles. The minimum Gasteiger partial charge on any atom is -0.370 e. The van der Waals surface area contributed by atoms with Crippen LogP contribution in [-0.4, -0.2) is 18.5 Å². The van der Waals surface area contributed by atoms with Crippen LogP contribution in [0.5, 0.6) is 0 Å². The Bertz CT molecular complexity index is 622. The Kier molecular flexibility index (Phi) is 4.11. The summed E-state index contributed by atoms with van der Waals surface area (Å²) in [7, 11) is 0. The van der Waals surface area contributed by atoms with Gasteiger partial charge in [-0.25, -0.2) is 0 Å². The number of hydrogen-bond donors (Lipinski definition) is 1. The molecule has 0 spiro atoms. The van der Waals surface area contributed by atoms with Gasteiger partial charge < -0.3 is 10.6 Å². The van der Waals surface area contributed by atoms with Gasteiger partial charge in [0.2, 0.25) is 0 Å². The van der Waals surface area contributed by atoms with Crippen molar-refractivity contribution in [1.29, 1.82) is 0 Å². The zero-order valence-electron chi connectivity index (χ0n) is 11.7. The lowest BCUT2D eigenvalue weighted by Crippen LogP contribution is -2.41. The number of benzene rings is 2. The van der Waals surface area contributed by atoms with E-state index < -0.39 is 0 Å². The van der Waals surface area contributed by atoms with E-state index >= 15 is 0 Å². The van der Waals surface area contributed by atoms with Crippen LogP contribution in [0.1, 0.15) is 12.0 Å². The number of anilines is 1. The van der Waals surface area contributed by atoms with Crippen LogP contribution < -0.4 is 10.6 Å². The van der Waals surface area contributed by atoms with E-state index in [0.29, 0.717) is 12.0 Å². The molecule has 4 heteroatoms. The fourth-order valence-corrected chi connectivity index (χ4v) is 2.81. The third kappa shape index (κ3) is 3.19. The molecule has 0 amide bonds. The van der Waals surface area contributed by atoms with Crippen molar-refractivity contribution in [2.75, 3.05) is 11.4 Å². The van der Waals surface area contributed by atoms with E-state index in [4.69, 9.17) is 17.3 Å². The highest BCUT2D eigenvalue weighted by molar-refractivity contribution is 6.30. The number of guanidine groups is 1. The van der Waals surface area contributed by atoms with Gasteiger partial charge in [0.05, 0.1) is 12.6 Å². The molecular weight excluding hydrogens is 282 g/mol. The first-order valence-electron chi connectivity index (χ1n) is 7.13. The second-order valence-electron chi connectivity index (χ2n) is 5.22. The fraction of sp³-hybridized carbons (Fsp3) is 0.235. The number of halogens is 1. The predicted octanol–water partition coefficient (Wildman–Crippen LogP) is 3.48. The number of nitrogens with zero attached hydrogens (tertiary/aromatic N) is 2. The zero-order chi connectivity index (χ0) is 14.7. The summed E-state index contributed by atoms with van der Waals surface area (Å²) in [5, 5.41) is 0.731. The molecule has 1 aliphatic rings. The molecule has 1 unspecified atom stereocenters. The number of nitrogens with two attached hydrogens (primary N) is 1. The highest BCUT2D eigenvalue weighted by atomic mass is 35.5. The van der Waals surface area contributed by atoms with Crippen molar-refractivity contribution in [3.63, 3.8) is 0 Å². The minimum absolute atomic E-state index is 0.311. The second-order valence-corrected chi connectivity index (χ2v) is 5.66. The molecule has 1 aliphatic heterocycles. The molecule has 1 atom stereocenters. The van der Waals surface area contributed by atoms with Crippen molar-refractivity contribution in [3.05, 3.63) is 65.2 Å². The molecule has 21 heavy (non-hydrogen) atoms.